The highest BCUT2D eigenvalue weighted by Gasteiger charge is 2.20. The molecule has 72 valence electrons. The van der Waals surface area contributed by atoms with E-state index in [1.54, 1.807) is 6.33 Å². The summed E-state index contributed by atoms with van der Waals surface area (Å²) < 4.78 is 1.95. The molecule has 13 heavy (non-hydrogen) atoms. The van der Waals surface area contributed by atoms with E-state index in [2.05, 4.69) is 27.8 Å². The molecule has 2 rings (SSSR count). The van der Waals surface area contributed by atoms with Gasteiger partial charge in [0.05, 0.1) is 6.04 Å². The van der Waals surface area contributed by atoms with Crippen LogP contribution in [0.4, 0.5) is 0 Å². The molecule has 1 fully saturated rings. The van der Waals surface area contributed by atoms with Crippen LogP contribution in [0.1, 0.15) is 18.8 Å². The van der Waals surface area contributed by atoms with Crippen molar-refractivity contribution in [1.82, 2.24) is 25.4 Å². The van der Waals surface area contributed by atoms with Gasteiger partial charge in [0.2, 0.25) is 0 Å². The van der Waals surface area contributed by atoms with E-state index in [0.717, 1.165) is 18.9 Å². The van der Waals surface area contributed by atoms with Crippen molar-refractivity contribution < 1.29 is 0 Å². The van der Waals surface area contributed by atoms with Crippen LogP contribution in [0.5, 0.6) is 0 Å². The molecule has 1 unspecified atom stereocenters. The van der Waals surface area contributed by atoms with Crippen molar-refractivity contribution in [3.63, 3.8) is 0 Å². The number of nitrogens with one attached hydrogen (secondary N) is 2. The summed E-state index contributed by atoms with van der Waals surface area (Å²) in [6, 6.07) is 0.867. The zero-order chi connectivity index (χ0) is 9.26. The highest BCUT2D eigenvalue weighted by atomic mass is 15.3. The van der Waals surface area contributed by atoms with Gasteiger partial charge in [0.1, 0.15) is 12.2 Å². The molecule has 1 aliphatic heterocycles. The molecule has 1 aromatic rings. The zero-order valence-corrected chi connectivity index (χ0v) is 7.99. The molecule has 1 atom stereocenters. The lowest BCUT2D eigenvalue weighted by Crippen LogP contribution is -2.55. The van der Waals surface area contributed by atoms with Crippen LogP contribution >= 0.6 is 0 Å². The van der Waals surface area contributed by atoms with E-state index in [1.165, 1.54) is 0 Å². The summed E-state index contributed by atoms with van der Waals surface area (Å²) in [6.07, 6.45) is 1.73. The van der Waals surface area contributed by atoms with E-state index < -0.39 is 0 Å². The molecule has 0 aromatic carbocycles. The van der Waals surface area contributed by atoms with Gasteiger partial charge in [-0.25, -0.2) is 0 Å². The molecule has 2 N–H and O–H groups in total. The summed E-state index contributed by atoms with van der Waals surface area (Å²) in [5.41, 5.74) is 0. The van der Waals surface area contributed by atoms with Gasteiger partial charge in [-0.15, -0.1) is 10.2 Å². The van der Waals surface area contributed by atoms with Crippen LogP contribution in [-0.4, -0.2) is 33.9 Å². The predicted molar refractivity (Wildman–Crippen MR) is 49.2 cm³/mol. The predicted octanol–water partition coefficient (Wildman–Crippen LogP) is -0.562. The average molecular weight is 181 g/mol. The van der Waals surface area contributed by atoms with Gasteiger partial charge in [-0.3, -0.25) is 0 Å². The van der Waals surface area contributed by atoms with Crippen molar-refractivity contribution >= 4 is 0 Å². The van der Waals surface area contributed by atoms with Crippen molar-refractivity contribution in [2.24, 2.45) is 7.05 Å². The maximum Gasteiger partial charge on any atom is 0.149 e. The van der Waals surface area contributed by atoms with Gasteiger partial charge >= 0.3 is 0 Å². The molecular weight excluding hydrogens is 166 g/mol. The van der Waals surface area contributed by atoms with Crippen molar-refractivity contribution in [3.05, 3.63) is 12.2 Å². The minimum atomic E-state index is 0.277. The van der Waals surface area contributed by atoms with E-state index in [0.29, 0.717) is 6.04 Å². The van der Waals surface area contributed by atoms with Crippen molar-refractivity contribution in [2.75, 3.05) is 13.1 Å². The Morgan fingerprint density at radius 3 is 2.92 bits per heavy atom. The first kappa shape index (κ1) is 8.65. The van der Waals surface area contributed by atoms with Crippen LogP contribution in [0, 0.1) is 0 Å². The van der Waals surface area contributed by atoms with Crippen LogP contribution < -0.4 is 10.6 Å². The van der Waals surface area contributed by atoms with Crippen LogP contribution in [0.3, 0.4) is 0 Å². The van der Waals surface area contributed by atoms with Crippen molar-refractivity contribution in [3.8, 4) is 0 Å². The Balaban J connectivity index is 1.96. The lowest BCUT2D eigenvalue weighted by Gasteiger charge is -2.30. The standard InChI is InChI=1S/C8H15N5/c1-6(11-7-3-9-4-7)8-12-10-5-13(8)2/h5-7,9,11H,3-4H2,1-2H3. The SMILES string of the molecule is CC(NC1CNC1)c1nncn1C. The summed E-state index contributed by atoms with van der Waals surface area (Å²) >= 11 is 0. The third kappa shape index (κ3) is 1.71. The van der Waals surface area contributed by atoms with E-state index in [-0.39, 0.29) is 6.04 Å². The number of nitrogens with zero attached hydrogens (tertiary/aromatic N) is 3. The fourth-order valence-electron chi connectivity index (χ4n) is 1.52. The molecule has 0 bridgehead atoms. The molecule has 1 saturated heterocycles. The smallest absolute Gasteiger partial charge is 0.149 e. The van der Waals surface area contributed by atoms with Gasteiger partial charge in [-0.2, -0.15) is 0 Å². The summed E-state index contributed by atoms with van der Waals surface area (Å²) in [4.78, 5) is 0. The lowest BCUT2D eigenvalue weighted by atomic mass is 10.1. The zero-order valence-electron chi connectivity index (χ0n) is 7.99. The second-order valence-electron chi connectivity index (χ2n) is 3.54. The summed E-state index contributed by atoms with van der Waals surface area (Å²) in [5, 5.41) is 14.6. The Bertz CT molecular complexity index is 278. The lowest BCUT2D eigenvalue weighted by molar-refractivity contribution is 0.330. The fraction of sp³-hybridized carbons (Fsp3) is 0.750. The molecule has 1 aromatic heterocycles. The van der Waals surface area contributed by atoms with Gasteiger partial charge in [0, 0.05) is 26.2 Å². The normalized spacial score (nSPS) is 19.8. The topological polar surface area (TPSA) is 54.8 Å². The highest BCUT2D eigenvalue weighted by Crippen LogP contribution is 2.09. The van der Waals surface area contributed by atoms with Crippen molar-refractivity contribution in [1.29, 1.82) is 0 Å². The molecule has 5 nitrogen and oxygen atoms in total. The van der Waals surface area contributed by atoms with Gasteiger partial charge < -0.3 is 15.2 Å². The van der Waals surface area contributed by atoms with Crippen LogP contribution in [0.15, 0.2) is 6.33 Å². The molecular formula is C8H15N5. The molecule has 1 aliphatic rings. The Kier molecular flexibility index (Phi) is 2.28. The average Bonchev–Trinajstić information content (AvgIpc) is 2.43. The van der Waals surface area contributed by atoms with Gasteiger partial charge in [0.15, 0.2) is 0 Å². The van der Waals surface area contributed by atoms with E-state index in [1.807, 2.05) is 11.6 Å². The van der Waals surface area contributed by atoms with Crippen LogP contribution in [-0.2, 0) is 7.05 Å². The first-order valence-corrected chi connectivity index (χ1v) is 4.58. The van der Waals surface area contributed by atoms with Gasteiger partial charge in [0.25, 0.3) is 0 Å². The number of rotatable bonds is 3. The fourth-order valence-corrected chi connectivity index (χ4v) is 1.52. The minimum absolute atomic E-state index is 0.277. The number of aryl methyl sites for hydroxylation is 1. The molecule has 0 spiro atoms. The first-order chi connectivity index (χ1) is 6.27. The number of aromatic nitrogens is 3. The van der Waals surface area contributed by atoms with Crippen LogP contribution in [0.2, 0.25) is 0 Å². The first-order valence-electron chi connectivity index (χ1n) is 4.58. The monoisotopic (exact) mass is 181 g/mol. The van der Waals surface area contributed by atoms with Crippen molar-refractivity contribution in [2.45, 2.75) is 19.0 Å². The number of hydrogen-bond donors (Lipinski definition) is 2. The molecule has 0 radical (unpaired) electrons. The Morgan fingerprint density at radius 1 is 1.69 bits per heavy atom. The van der Waals surface area contributed by atoms with Gasteiger partial charge in [-0.1, -0.05) is 0 Å². The molecule has 2 heterocycles. The minimum Gasteiger partial charge on any atom is -0.319 e. The largest absolute Gasteiger partial charge is 0.319 e. The van der Waals surface area contributed by atoms with Crippen LogP contribution in [0.25, 0.3) is 0 Å². The molecule has 0 saturated carbocycles. The summed E-state index contributed by atoms with van der Waals surface area (Å²) in [5.74, 6) is 0.993. The van der Waals surface area contributed by atoms with E-state index in [9.17, 15) is 0 Å². The third-order valence-electron chi connectivity index (χ3n) is 2.40. The Hall–Kier alpha value is -0.940. The van der Waals surface area contributed by atoms with Gasteiger partial charge in [-0.05, 0) is 6.92 Å². The summed E-state index contributed by atoms with van der Waals surface area (Å²) in [6.45, 7) is 4.23. The second-order valence-corrected chi connectivity index (χ2v) is 3.54. The maximum atomic E-state index is 4.06. The second kappa shape index (κ2) is 3.43. The maximum absolute atomic E-state index is 4.06. The Morgan fingerprint density at radius 2 is 2.46 bits per heavy atom. The summed E-state index contributed by atoms with van der Waals surface area (Å²) in [7, 11) is 1.96. The highest BCUT2D eigenvalue weighted by molar-refractivity contribution is 4.95. The Labute approximate surface area is 77.5 Å². The quantitative estimate of drug-likeness (QED) is 0.656. The molecule has 0 aliphatic carbocycles. The van der Waals surface area contributed by atoms with E-state index >= 15 is 0 Å². The molecule has 0 amide bonds. The van der Waals surface area contributed by atoms with E-state index in [4.69, 9.17) is 0 Å². The third-order valence-corrected chi connectivity index (χ3v) is 2.40. The number of hydrogen-bond acceptors (Lipinski definition) is 4. The molecule has 5 heteroatoms.